The molecule has 1 aliphatic rings. The van der Waals surface area contributed by atoms with E-state index in [2.05, 4.69) is 0 Å². The van der Waals surface area contributed by atoms with Crippen LogP contribution in [0.25, 0.3) is 0 Å². The number of likely N-dealkylation sites (tertiary alicyclic amines) is 1. The van der Waals surface area contributed by atoms with Gasteiger partial charge in [-0.3, -0.25) is 4.79 Å². The Labute approximate surface area is 142 Å². The molecule has 1 heterocycles. The molecule has 0 bridgehead atoms. The highest BCUT2D eigenvalue weighted by atomic mass is 32.2. The van der Waals surface area contributed by atoms with Crippen LogP contribution in [0.2, 0.25) is 0 Å². The van der Waals surface area contributed by atoms with Crippen LogP contribution < -0.4 is 0 Å². The van der Waals surface area contributed by atoms with Gasteiger partial charge in [0.05, 0.1) is 15.7 Å². The highest BCUT2D eigenvalue weighted by Gasteiger charge is 2.47. The summed E-state index contributed by atoms with van der Waals surface area (Å²) in [6.07, 6.45) is -5.35. The lowest BCUT2D eigenvalue weighted by Gasteiger charge is -2.20. The number of hydrogen-bond donors (Lipinski definition) is 1. The van der Waals surface area contributed by atoms with E-state index in [9.17, 15) is 36.3 Å². The molecule has 0 unspecified atom stereocenters. The molecule has 0 saturated carbocycles. The van der Waals surface area contributed by atoms with Crippen molar-refractivity contribution >= 4 is 21.7 Å². The summed E-state index contributed by atoms with van der Waals surface area (Å²) in [5.41, 5.74) is -1.30. The molecule has 1 amide bonds. The smallest absolute Gasteiger partial charge is 0.417 e. The average Bonchev–Trinajstić information content (AvgIpc) is 2.99. The van der Waals surface area contributed by atoms with Gasteiger partial charge in [0.1, 0.15) is 6.04 Å². The molecule has 1 saturated heterocycles. The Morgan fingerprint density at radius 3 is 2.40 bits per heavy atom. The number of carboxylic acid groups (broad SMARTS) is 1. The van der Waals surface area contributed by atoms with E-state index in [0.29, 0.717) is 6.07 Å². The summed E-state index contributed by atoms with van der Waals surface area (Å²) < 4.78 is 64.7. The van der Waals surface area contributed by atoms with Gasteiger partial charge in [-0.2, -0.15) is 13.2 Å². The molecule has 0 aromatic heterocycles. The average molecular weight is 379 g/mol. The summed E-state index contributed by atoms with van der Waals surface area (Å²) in [5, 5.41) is 7.79. The van der Waals surface area contributed by atoms with Crippen LogP contribution in [-0.2, 0) is 25.6 Å². The number of carboxylic acids is 1. The summed E-state index contributed by atoms with van der Waals surface area (Å²) in [7, 11) is -4.47. The first-order valence-corrected chi connectivity index (χ1v) is 8.97. The fourth-order valence-corrected chi connectivity index (χ4v) is 4.77. The highest BCUT2D eigenvalue weighted by molar-refractivity contribution is 7.92. The Morgan fingerprint density at radius 1 is 1.28 bits per heavy atom. The summed E-state index contributed by atoms with van der Waals surface area (Å²) in [6.45, 7) is 1.04. The minimum absolute atomic E-state index is 0.0321. The Morgan fingerprint density at radius 2 is 1.88 bits per heavy atom. The van der Waals surface area contributed by atoms with Crippen molar-refractivity contribution in [3.63, 3.8) is 0 Å². The van der Waals surface area contributed by atoms with Gasteiger partial charge in [-0.05, 0) is 18.6 Å². The van der Waals surface area contributed by atoms with Crippen molar-refractivity contribution in [2.45, 2.75) is 42.1 Å². The van der Waals surface area contributed by atoms with Crippen LogP contribution in [0, 0.1) is 0 Å². The van der Waals surface area contributed by atoms with E-state index >= 15 is 0 Å². The number of benzene rings is 1. The van der Waals surface area contributed by atoms with E-state index in [1.54, 1.807) is 0 Å². The first-order valence-electron chi connectivity index (χ1n) is 7.42. The molecule has 6 nitrogen and oxygen atoms in total. The third-order valence-corrected chi connectivity index (χ3v) is 6.30. The number of alkyl halides is 3. The van der Waals surface area contributed by atoms with Gasteiger partial charge in [-0.15, -0.1) is 0 Å². The second-order valence-corrected chi connectivity index (χ2v) is 7.85. The predicted octanol–water partition coefficient (Wildman–Crippen LogP) is 1.94. The fraction of sp³-hybridized carbons (Fsp3) is 0.467. The minimum Gasteiger partial charge on any atom is -0.480 e. The summed E-state index contributed by atoms with van der Waals surface area (Å²) in [5.74, 6) is -1.95. The number of hydrogen-bond acceptors (Lipinski definition) is 4. The third kappa shape index (κ3) is 3.63. The number of carbonyl (C=O) groups is 2. The number of nitrogens with zero attached hydrogens (tertiary/aromatic N) is 1. The van der Waals surface area contributed by atoms with Gasteiger partial charge in [0.2, 0.25) is 5.91 Å². The molecular weight excluding hydrogens is 363 g/mol. The molecule has 0 aliphatic carbocycles. The number of sulfone groups is 1. The van der Waals surface area contributed by atoms with Crippen LogP contribution in [0.15, 0.2) is 29.2 Å². The van der Waals surface area contributed by atoms with Crippen molar-refractivity contribution in [2.24, 2.45) is 0 Å². The molecule has 1 N–H and O–H groups in total. The zero-order valence-electron chi connectivity index (χ0n) is 13.2. The largest absolute Gasteiger partial charge is 0.480 e. The van der Waals surface area contributed by atoms with E-state index in [0.717, 1.165) is 17.0 Å². The third-order valence-electron chi connectivity index (χ3n) is 4.11. The molecule has 2 rings (SSSR count). The molecule has 1 aromatic rings. The molecule has 25 heavy (non-hydrogen) atoms. The maximum Gasteiger partial charge on any atom is 0.417 e. The normalized spacial score (nSPS) is 21.4. The first-order chi connectivity index (χ1) is 11.5. The topological polar surface area (TPSA) is 91.8 Å². The predicted molar refractivity (Wildman–Crippen MR) is 80.5 cm³/mol. The Bertz CT molecular complexity index is 791. The summed E-state index contributed by atoms with van der Waals surface area (Å²) in [4.78, 5) is 23.2. The van der Waals surface area contributed by atoms with Gasteiger partial charge in [0.25, 0.3) is 0 Å². The summed E-state index contributed by atoms with van der Waals surface area (Å²) >= 11 is 0. The van der Waals surface area contributed by atoms with Gasteiger partial charge in [-0.1, -0.05) is 19.1 Å². The first kappa shape index (κ1) is 19.2. The van der Waals surface area contributed by atoms with Gasteiger partial charge < -0.3 is 10.0 Å². The monoisotopic (exact) mass is 379 g/mol. The molecule has 138 valence electrons. The van der Waals surface area contributed by atoms with Crippen LogP contribution in [0.5, 0.6) is 0 Å². The van der Waals surface area contributed by atoms with Crippen molar-refractivity contribution in [1.82, 2.24) is 4.90 Å². The second-order valence-electron chi connectivity index (χ2n) is 5.65. The zero-order chi connectivity index (χ0) is 19.0. The maximum absolute atomic E-state index is 13.1. The SMILES string of the molecule is CCC(=O)N1C[C@H](S(=O)(=O)c2ccccc2C(F)(F)F)C[C@H]1C(=O)O. The van der Waals surface area contributed by atoms with E-state index < -0.39 is 62.6 Å². The Hall–Kier alpha value is -2.10. The fourth-order valence-electron chi connectivity index (χ4n) is 2.86. The van der Waals surface area contributed by atoms with E-state index in [1.807, 2.05) is 0 Å². The Kier molecular flexibility index (Phi) is 5.12. The van der Waals surface area contributed by atoms with Crippen LogP contribution in [-0.4, -0.2) is 48.1 Å². The lowest BCUT2D eigenvalue weighted by molar-refractivity contribution is -0.148. The molecule has 1 fully saturated rings. The van der Waals surface area contributed by atoms with Crippen LogP contribution >= 0.6 is 0 Å². The number of halogens is 3. The number of rotatable bonds is 4. The van der Waals surface area contributed by atoms with Crippen molar-refractivity contribution in [3.05, 3.63) is 29.8 Å². The molecule has 10 heteroatoms. The molecular formula is C15H16F3NO5S. The van der Waals surface area contributed by atoms with Crippen molar-refractivity contribution in [2.75, 3.05) is 6.54 Å². The number of amides is 1. The van der Waals surface area contributed by atoms with E-state index in [-0.39, 0.29) is 6.42 Å². The van der Waals surface area contributed by atoms with Crippen LogP contribution in [0.1, 0.15) is 25.3 Å². The van der Waals surface area contributed by atoms with E-state index in [1.165, 1.54) is 13.0 Å². The number of carbonyl (C=O) groups excluding carboxylic acids is 1. The molecule has 0 spiro atoms. The summed E-state index contributed by atoms with van der Waals surface area (Å²) in [6, 6.07) is 2.37. The minimum atomic E-state index is -4.87. The van der Waals surface area contributed by atoms with Crippen LogP contribution in [0.3, 0.4) is 0 Å². The quantitative estimate of drug-likeness (QED) is 0.863. The van der Waals surface area contributed by atoms with E-state index in [4.69, 9.17) is 0 Å². The van der Waals surface area contributed by atoms with Gasteiger partial charge >= 0.3 is 12.1 Å². The molecule has 0 radical (unpaired) electrons. The van der Waals surface area contributed by atoms with Gasteiger partial charge in [0, 0.05) is 13.0 Å². The van der Waals surface area contributed by atoms with Crippen LogP contribution in [0.4, 0.5) is 13.2 Å². The van der Waals surface area contributed by atoms with Gasteiger partial charge in [0.15, 0.2) is 9.84 Å². The highest BCUT2D eigenvalue weighted by Crippen LogP contribution is 2.37. The molecule has 1 aromatic carbocycles. The lowest BCUT2D eigenvalue weighted by Crippen LogP contribution is -2.40. The molecule has 1 aliphatic heterocycles. The van der Waals surface area contributed by atoms with Crippen molar-refractivity contribution in [1.29, 1.82) is 0 Å². The standard InChI is InChI=1S/C15H16F3NO5S/c1-2-13(20)19-8-9(7-11(19)14(21)22)25(23,24)12-6-4-3-5-10(12)15(16,17)18/h3-6,9,11H,2,7-8H2,1H3,(H,21,22)/t9-,11+/m1/s1. The van der Waals surface area contributed by atoms with Crippen molar-refractivity contribution in [3.8, 4) is 0 Å². The number of aliphatic carboxylic acids is 1. The second kappa shape index (κ2) is 6.66. The van der Waals surface area contributed by atoms with Gasteiger partial charge in [-0.25, -0.2) is 13.2 Å². The molecule has 2 atom stereocenters. The van der Waals surface area contributed by atoms with Crippen molar-refractivity contribution < 1.29 is 36.3 Å². The Balaban J connectivity index is 2.45. The maximum atomic E-state index is 13.1. The zero-order valence-corrected chi connectivity index (χ0v) is 14.0. The lowest BCUT2D eigenvalue weighted by atomic mass is 10.2.